The third kappa shape index (κ3) is 4.09. The van der Waals surface area contributed by atoms with E-state index in [0.717, 1.165) is 12.8 Å². The van der Waals surface area contributed by atoms with Crippen molar-refractivity contribution in [2.75, 3.05) is 16.8 Å². The molecule has 6 nitrogen and oxygen atoms in total. The van der Waals surface area contributed by atoms with Crippen LogP contribution in [0.5, 0.6) is 0 Å². The van der Waals surface area contributed by atoms with Crippen molar-refractivity contribution in [1.82, 2.24) is 0 Å². The molecule has 1 aromatic carbocycles. The molecule has 2 atom stereocenters. The van der Waals surface area contributed by atoms with Crippen LogP contribution in [0, 0.1) is 11.8 Å². The molecule has 2 N–H and O–H groups in total. The molecule has 1 aliphatic rings. The number of amides is 2. The monoisotopic (exact) mass is 318 g/mol. The molecule has 23 heavy (non-hydrogen) atoms. The molecular weight excluding hydrogens is 296 g/mol. The van der Waals surface area contributed by atoms with Crippen LogP contribution in [0.15, 0.2) is 24.3 Å². The third-order valence-electron chi connectivity index (χ3n) is 4.07. The molecule has 0 unspecified atom stereocenters. The quantitative estimate of drug-likeness (QED) is 0.843. The standard InChI is InChI=1S/C17H22N2O4/c1-3-5-11(2)16(21)18-13-6-4-7-14(9-13)19-10-12(17(22)23)8-15(19)20/h4,6-7,9,11-12H,3,5,8,10H2,1-2H3,(H,18,21)(H,22,23)/t11-,12-/m0/s1. The van der Waals surface area contributed by atoms with Gasteiger partial charge < -0.3 is 15.3 Å². The predicted octanol–water partition coefficient (Wildman–Crippen LogP) is 2.50. The summed E-state index contributed by atoms with van der Waals surface area (Å²) < 4.78 is 0. The van der Waals surface area contributed by atoms with Gasteiger partial charge >= 0.3 is 5.97 Å². The van der Waals surface area contributed by atoms with Gasteiger partial charge in [-0.3, -0.25) is 14.4 Å². The second-order valence-electron chi connectivity index (χ2n) is 5.97. The Balaban J connectivity index is 2.10. The highest BCUT2D eigenvalue weighted by atomic mass is 16.4. The van der Waals surface area contributed by atoms with Gasteiger partial charge in [0.15, 0.2) is 0 Å². The van der Waals surface area contributed by atoms with Crippen LogP contribution in [0.3, 0.4) is 0 Å². The van der Waals surface area contributed by atoms with Crippen molar-refractivity contribution in [3.05, 3.63) is 24.3 Å². The van der Waals surface area contributed by atoms with Crippen LogP contribution in [-0.2, 0) is 14.4 Å². The average Bonchev–Trinajstić information content (AvgIpc) is 2.90. The van der Waals surface area contributed by atoms with E-state index in [1.807, 2.05) is 13.8 Å². The van der Waals surface area contributed by atoms with Crippen molar-refractivity contribution in [1.29, 1.82) is 0 Å². The fourth-order valence-corrected chi connectivity index (χ4v) is 2.70. The Labute approximate surface area is 135 Å². The Hall–Kier alpha value is -2.37. The van der Waals surface area contributed by atoms with Crippen LogP contribution < -0.4 is 10.2 Å². The number of anilines is 2. The molecule has 1 fully saturated rings. The van der Waals surface area contributed by atoms with Crippen molar-refractivity contribution < 1.29 is 19.5 Å². The van der Waals surface area contributed by atoms with Gasteiger partial charge in [-0.05, 0) is 24.6 Å². The molecule has 0 spiro atoms. The smallest absolute Gasteiger partial charge is 0.308 e. The summed E-state index contributed by atoms with van der Waals surface area (Å²) in [5.74, 6) is -1.97. The highest BCUT2D eigenvalue weighted by molar-refractivity contribution is 6.00. The van der Waals surface area contributed by atoms with Gasteiger partial charge in [-0.25, -0.2) is 0 Å². The molecule has 1 aliphatic heterocycles. The zero-order chi connectivity index (χ0) is 17.0. The molecular formula is C17H22N2O4. The van der Waals surface area contributed by atoms with Crippen LogP contribution in [0.1, 0.15) is 33.1 Å². The van der Waals surface area contributed by atoms with Gasteiger partial charge in [-0.15, -0.1) is 0 Å². The number of nitrogens with zero attached hydrogens (tertiary/aromatic N) is 1. The Morgan fingerprint density at radius 2 is 2.17 bits per heavy atom. The molecule has 1 aromatic rings. The van der Waals surface area contributed by atoms with Gasteiger partial charge in [-0.2, -0.15) is 0 Å². The minimum atomic E-state index is -0.960. The molecule has 0 bridgehead atoms. The number of hydrogen-bond acceptors (Lipinski definition) is 3. The molecule has 0 aliphatic carbocycles. The number of carbonyl (C=O) groups excluding carboxylic acids is 2. The Kier molecular flexibility index (Phi) is 5.36. The van der Waals surface area contributed by atoms with Crippen molar-refractivity contribution in [3.8, 4) is 0 Å². The second-order valence-corrected chi connectivity index (χ2v) is 5.97. The van der Waals surface area contributed by atoms with Crippen molar-refractivity contribution >= 4 is 29.2 Å². The third-order valence-corrected chi connectivity index (χ3v) is 4.07. The van der Waals surface area contributed by atoms with Crippen LogP contribution in [0.25, 0.3) is 0 Å². The lowest BCUT2D eigenvalue weighted by molar-refractivity contribution is -0.141. The number of benzene rings is 1. The van der Waals surface area contributed by atoms with E-state index in [1.54, 1.807) is 24.3 Å². The molecule has 6 heteroatoms. The molecule has 1 saturated heterocycles. The molecule has 0 aromatic heterocycles. The van der Waals surface area contributed by atoms with Gasteiger partial charge in [-0.1, -0.05) is 26.3 Å². The van der Waals surface area contributed by atoms with Gasteiger partial charge in [0.25, 0.3) is 0 Å². The number of rotatable bonds is 6. The maximum Gasteiger partial charge on any atom is 0.308 e. The lowest BCUT2D eigenvalue weighted by Crippen LogP contribution is -2.26. The van der Waals surface area contributed by atoms with E-state index in [2.05, 4.69) is 5.32 Å². The first kappa shape index (κ1) is 17.0. The first-order chi connectivity index (χ1) is 10.9. The number of carbonyl (C=O) groups is 3. The largest absolute Gasteiger partial charge is 0.481 e. The van der Waals surface area contributed by atoms with Crippen molar-refractivity contribution in [2.24, 2.45) is 11.8 Å². The van der Waals surface area contributed by atoms with Gasteiger partial charge in [0.05, 0.1) is 5.92 Å². The van der Waals surface area contributed by atoms with E-state index in [-0.39, 0.29) is 30.7 Å². The Bertz CT molecular complexity index is 614. The Morgan fingerprint density at radius 1 is 1.43 bits per heavy atom. The van der Waals surface area contributed by atoms with Gasteiger partial charge in [0, 0.05) is 30.3 Å². The topological polar surface area (TPSA) is 86.7 Å². The number of aliphatic carboxylic acids is 1. The van der Waals surface area contributed by atoms with E-state index in [1.165, 1.54) is 4.90 Å². The molecule has 2 rings (SSSR count). The minimum absolute atomic E-state index is 0.0133. The molecule has 0 saturated carbocycles. The summed E-state index contributed by atoms with van der Waals surface area (Å²) in [4.78, 5) is 36.6. The summed E-state index contributed by atoms with van der Waals surface area (Å²) >= 11 is 0. The van der Waals surface area contributed by atoms with Gasteiger partial charge in [0.2, 0.25) is 11.8 Å². The summed E-state index contributed by atoms with van der Waals surface area (Å²) in [5.41, 5.74) is 1.22. The summed E-state index contributed by atoms with van der Waals surface area (Å²) in [6, 6.07) is 6.96. The summed E-state index contributed by atoms with van der Waals surface area (Å²) in [5, 5.41) is 11.9. The molecule has 124 valence electrons. The first-order valence-corrected chi connectivity index (χ1v) is 7.86. The summed E-state index contributed by atoms with van der Waals surface area (Å²) in [6.07, 6.45) is 1.77. The molecule has 0 radical (unpaired) electrons. The summed E-state index contributed by atoms with van der Waals surface area (Å²) in [6.45, 7) is 4.07. The normalized spacial score (nSPS) is 18.8. The van der Waals surface area contributed by atoms with E-state index in [9.17, 15) is 14.4 Å². The van der Waals surface area contributed by atoms with Crippen LogP contribution >= 0.6 is 0 Å². The lowest BCUT2D eigenvalue weighted by Gasteiger charge is -2.18. The zero-order valence-corrected chi connectivity index (χ0v) is 13.4. The maximum atomic E-state index is 12.1. The SMILES string of the molecule is CCC[C@H](C)C(=O)Nc1cccc(N2C[C@@H](C(=O)O)CC2=O)c1. The molecule has 1 heterocycles. The van der Waals surface area contributed by atoms with Crippen LogP contribution in [0.4, 0.5) is 11.4 Å². The van der Waals surface area contributed by atoms with E-state index in [4.69, 9.17) is 5.11 Å². The predicted molar refractivity (Wildman–Crippen MR) is 87.2 cm³/mol. The van der Waals surface area contributed by atoms with Gasteiger partial charge in [0.1, 0.15) is 0 Å². The van der Waals surface area contributed by atoms with E-state index in [0.29, 0.717) is 11.4 Å². The summed E-state index contributed by atoms with van der Waals surface area (Å²) in [7, 11) is 0. The van der Waals surface area contributed by atoms with Crippen LogP contribution in [-0.4, -0.2) is 29.4 Å². The fourth-order valence-electron chi connectivity index (χ4n) is 2.70. The fraction of sp³-hybridized carbons (Fsp3) is 0.471. The Morgan fingerprint density at radius 3 is 2.78 bits per heavy atom. The first-order valence-electron chi connectivity index (χ1n) is 7.86. The lowest BCUT2D eigenvalue weighted by atomic mass is 10.1. The van der Waals surface area contributed by atoms with Crippen molar-refractivity contribution in [2.45, 2.75) is 33.1 Å². The number of carboxylic acid groups (broad SMARTS) is 1. The van der Waals surface area contributed by atoms with E-state index >= 15 is 0 Å². The minimum Gasteiger partial charge on any atom is -0.481 e. The maximum absolute atomic E-state index is 12.1. The molecule has 2 amide bonds. The highest BCUT2D eigenvalue weighted by Gasteiger charge is 2.35. The number of hydrogen-bond donors (Lipinski definition) is 2. The zero-order valence-electron chi connectivity index (χ0n) is 13.4. The highest BCUT2D eigenvalue weighted by Crippen LogP contribution is 2.27. The van der Waals surface area contributed by atoms with Crippen molar-refractivity contribution in [3.63, 3.8) is 0 Å². The van der Waals surface area contributed by atoms with E-state index < -0.39 is 11.9 Å². The number of carboxylic acids is 1. The number of nitrogens with one attached hydrogen (secondary N) is 1. The average molecular weight is 318 g/mol. The second kappa shape index (κ2) is 7.26. The van der Waals surface area contributed by atoms with Crippen LogP contribution in [0.2, 0.25) is 0 Å².